The van der Waals surface area contributed by atoms with Gasteiger partial charge in [0, 0.05) is 0 Å². The number of phosphoric acid groups is 1. The van der Waals surface area contributed by atoms with Crippen LogP contribution >= 0.6 is 7.82 Å². The second-order valence-electron chi connectivity index (χ2n) is 6.16. The Morgan fingerprint density at radius 2 is 1.52 bits per heavy atom. The molecule has 2 rings (SSSR count). The summed E-state index contributed by atoms with van der Waals surface area (Å²) in [5, 5.41) is 68.3. The van der Waals surface area contributed by atoms with Crippen molar-refractivity contribution < 1.29 is 174 Å². The van der Waals surface area contributed by atoms with Crippen molar-refractivity contribution in [3.8, 4) is 0 Å². The Labute approximate surface area is 253 Å². The van der Waals surface area contributed by atoms with E-state index in [9.17, 15) is 35.2 Å². The van der Waals surface area contributed by atoms with Crippen LogP contribution in [0.25, 0.3) is 0 Å². The van der Waals surface area contributed by atoms with Crippen LogP contribution in [0.4, 0.5) is 0 Å². The van der Waals surface area contributed by atoms with Crippen molar-refractivity contribution in [1.29, 1.82) is 0 Å². The van der Waals surface area contributed by atoms with E-state index < -0.39 is 82.4 Å². The minimum absolute atomic E-state index is 0. The van der Waals surface area contributed by atoms with Gasteiger partial charge in [-0.15, -0.1) is 0 Å². The topological polar surface area (TPSA) is 236 Å². The van der Waals surface area contributed by atoms with Crippen molar-refractivity contribution >= 4 is 7.82 Å². The van der Waals surface area contributed by atoms with Crippen molar-refractivity contribution in [2.45, 2.75) is 54.8 Å². The van der Waals surface area contributed by atoms with E-state index in [-0.39, 0.29) is 106 Å². The maximum atomic E-state index is 10.8. The molecule has 0 unspecified atom stereocenters. The Kier molecular flexibility index (Phi) is 14.5. The summed E-state index contributed by atoms with van der Waals surface area (Å²) in [6.07, 6.45) is -14.0. The number of aliphatic hydroxyl groups excluding tert-OH is 7. The molecule has 2 heterocycles. The van der Waals surface area contributed by atoms with Gasteiger partial charge in [0.2, 0.25) is 5.79 Å². The molecule has 9 atom stereocenters. The van der Waals surface area contributed by atoms with E-state index in [0.29, 0.717) is 0 Å². The molecule has 2 aliphatic rings. The first-order valence-corrected chi connectivity index (χ1v) is 9.32. The largest absolute Gasteiger partial charge is 1.00 e. The van der Waals surface area contributed by atoms with Crippen LogP contribution in [-0.2, 0) is 23.3 Å². The molecule has 14 nitrogen and oxygen atoms in total. The van der Waals surface area contributed by atoms with Crippen LogP contribution < -0.4 is 103 Å². The Balaban J connectivity index is -0.00000196. The molecule has 0 amide bonds. The summed E-state index contributed by atoms with van der Waals surface area (Å²) in [6.45, 7) is -2.69. The van der Waals surface area contributed by atoms with Crippen LogP contribution in [0.15, 0.2) is 0 Å². The van der Waals surface area contributed by atoms with Gasteiger partial charge < -0.3 is 62.6 Å². The van der Waals surface area contributed by atoms with E-state index >= 15 is 0 Å². The molecule has 0 spiro atoms. The van der Waals surface area contributed by atoms with Gasteiger partial charge in [0.25, 0.3) is 0 Å². The van der Waals surface area contributed by atoms with Crippen molar-refractivity contribution in [3.63, 3.8) is 0 Å². The Bertz CT molecular complexity index is 563. The molecule has 29 heavy (non-hydrogen) atoms. The third kappa shape index (κ3) is 7.74. The van der Waals surface area contributed by atoms with Gasteiger partial charge in [0.1, 0.15) is 49.3 Å². The van der Waals surface area contributed by atoms with Crippen LogP contribution in [0.2, 0.25) is 0 Å². The number of hydrogen-bond donors (Lipinski definition) is 9. The van der Waals surface area contributed by atoms with Gasteiger partial charge in [-0.25, -0.2) is 4.57 Å². The second kappa shape index (κ2) is 13.2. The Hall–Kier alpha value is 2.98. The molecule has 2 fully saturated rings. The molecule has 0 aromatic heterocycles. The normalized spacial score (nSPS) is 42.8. The maximum Gasteiger partial charge on any atom is 1.00 e. The fourth-order valence-corrected chi connectivity index (χ4v) is 3.13. The number of hydrogen-bond acceptors (Lipinski definition) is 12. The quantitative estimate of drug-likeness (QED) is 0.116. The molecule has 17 heteroatoms. The molecule has 2 saturated heterocycles. The van der Waals surface area contributed by atoms with Crippen LogP contribution in [0.1, 0.15) is 2.85 Å². The number of phosphoric ester groups is 1. The third-order valence-corrected chi connectivity index (χ3v) is 4.78. The summed E-state index contributed by atoms with van der Waals surface area (Å²) >= 11 is 0. The number of ether oxygens (including phenoxy) is 3. The zero-order valence-corrected chi connectivity index (χ0v) is 22.9. The van der Waals surface area contributed by atoms with Gasteiger partial charge in [-0.3, -0.25) is 4.52 Å². The van der Waals surface area contributed by atoms with Gasteiger partial charge >= 0.3 is 111 Å². The van der Waals surface area contributed by atoms with Gasteiger partial charge in [0.05, 0.1) is 13.2 Å². The minimum Gasteiger partial charge on any atom is -1.00 e. The minimum atomic E-state index is -4.93. The van der Waals surface area contributed by atoms with E-state index in [2.05, 4.69) is 4.52 Å². The SMILES string of the molecule is O=P(O)(O)OC[C@H]1O[C@H](O[C@]2(CO)O[C@H](CO)[C@@H](O)[C@@H]2O)[C@H](O)[C@@H](O)[C@@H]1O.[H-].[H-].[K+].[K+]. The summed E-state index contributed by atoms with van der Waals surface area (Å²) in [4.78, 5) is 17.4. The number of aliphatic hydroxyl groups is 7. The molecular weight excluding hydrogens is 477 g/mol. The monoisotopic (exact) mass is 502 g/mol. The summed E-state index contributed by atoms with van der Waals surface area (Å²) in [7, 11) is -4.93. The summed E-state index contributed by atoms with van der Waals surface area (Å²) < 4.78 is 30.4. The van der Waals surface area contributed by atoms with Gasteiger partial charge in [-0.05, 0) is 0 Å². The molecule has 0 aromatic rings. The zero-order valence-electron chi connectivity index (χ0n) is 17.8. The molecule has 164 valence electrons. The van der Waals surface area contributed by atoms with Crippen LogP contribution in [0, 0.1) is 0 Å². The summed E-state index contributed by atoms with van der Waals surface area (Å²) in [5.41, 5.74) is 0. The second-order valence-corrected chi connectivity index (χ2v) is 7.40. The summed E-state index contributed by atoms with van der Waals surface area (Å²) in [5.74, 6) is -2.35. The molecule has 0 radical (unpaired) electrons. The fraction of sp³-hybridized carbons (Fsp3) is 1.00. The van der Waals surface area contributed by atoms with E-state index in [1.165, 1.54) is 0 Å². The molecule has 9 N–H and O–H groups in total. The molecule has 0 aromatic carbocycles. The Morgan fingerprint density at radius 1 is 0.931 bits per heavy atom. The molecule has 0 bridgehead atoms. The van der Waals surface area contributed by atoms with Gasteiger partial charge in [0.15, 0.2) is 6.29 Å². The van der Waals surface area contributed by atoms with Crippen LogP contribution in [-0.4, -0.2) is 120 Å². The average molecular weight is 502 g/mol. The first-order chi connectivity index (χ1) is 12.5. The first-order valence-electron chi connectivity index (χ1n) is 7.79. The third-order valence-electron chi connectivity index (χ3n) is 4.30. The zero-order chi connectivity index (χ0) is 20.6. The van der Waals surface area contributed by atoms with Crippen molar-refractivity contribution in [1.82, 2.24) is 0 Å². The predicted molar refractivity (Wildman–Crippen MR) is 81.8 cm³/mol. The fourth-order valence-electron chi connectivity index (χ4n) is 2.79. The predicted octanol–water partition coefficient (Wildman–Crippen LogP) is -11.0. The van der Waals surface area contributed by atoms with Gasteiger partial charge in [-0.2, -0.15) is 0 Å². The van der Waals surface area contributed by atoms with Crippen molar-refractivity contribution in [2.75, 3.05) is 19.8 Å². The number of rotatable bonds is 7. The van der Waals surface area contributed by atoms with Crippen molar-refractivity contribution in [2.24, 2.45) is 0 Å². The first kappa shape index (κ1) is 32.0. The van der Waals surface area contributed by atoms with E-state index in [0.717, 1.165) is 0 Å². The maximum absolute atomic E-state index is 10.8. The Morgan fingerprint density at radius 3 is 1.97 bits per heavy atom. The molecule has 0 aliphatic carbocycles. The smallest absolute Gasteiger partial charge is 1.00 e. The van der Waals surface area contributed by atoms with E-state index in [1.54, 1.807) is 0 Å². The molecule has 2 aliphatic heterocycles. The average Bonchev–Trinajstić information content (AvgIpc) is 2.85. The summed E-state index contributed by atoms with van der Waals surface area (Å²) in [6, 6.07) is 0. The standard InChI is InChI=1S/C12H23O14P.2K.2H/c13-1-4-7(16)10(19)12(3-14,25-4)26-11-9(18)8(17)6(15)5(24-11)2-23-27(20,21)22;;;;/h4-11,13-19H,1-3H2,(H2,20,21,22);;;;/q;2*+1;2*-1/t4-,5-,6-,7-,8+,9-,10+,11-,12+;;;;/m1..../s1. The van der Waals surface area contributed by atoms with Gasteiger partial charge in [-0.1, -0.05) is 0 Å². The van der Waals surface area contributed by atoms with E-state index in [1.807, 2.05) is 0 Å². The molecular formula is C12H25K2O14P. The van der Waals surface area contributed by atoms with Crippen molar-refractivity contribution in [3.05, 3.63) is 0 Å². The van der Waals surface area contributed by atoms with Crippen LogP contribution in [0.3, 0.4) is 0 Å². The van der Waals surface area contributed by atoms with E-state index in [4.69, 9.17) is 29.1 Å². The molecule has 0 saturated carbocycles. The van der Waals surface area contributed by atoms with Crippen LogP contribution in [0.5, 0.6) is 0 Å².